The highest BCUT2D eigenvalue weighted by atomic mass is 16.5. The lowest BCUT2D eigenvalue weighted by molar-refractivity contribution is 0.0526. The van der Waals surface area contributed by atoms with Crippen molar-refractivity contribution in [1.29, 1.82) is 0 Å². The minimum Gasteiger partial charge on any atom is -0.462 e. The number of hydrogen-bond acceptors (Lipinski definition) is 6. The van der Waals surface area contributed by atoms with Gasteiger partial charge in [-0.25, -0.2) is 19.4 Å². The van der Waals surface area contributed by atoms with Gasteiger partial charge in [0.1, 0.15) is 0 Å². The molecule has 3 rings (SSSR count). The summed E-state index contributed by atoms with van der Waals surface area (Å²) in [7, 11) is 0. The molecule has 0 radical (unpaired) electrons. The summed E-state index contributed by atoms with van der Waals surface area (Å²) in [6, 6.07) is 8.78. The molecule has 0 spiro atoms. The van der Waals surface area contributed by atoms with Crippen LogP contribution in [0.15, 0.2) is 48.9 Å². The molecule has 2 heterocycles. The number of nitrogens with zero attached hydrogens (tertiary/aromatic N) is 5. The van der Waals surface area contributed by atoms with Crippen molar-refractivity contribution in [3.63, 3.8) is 0 Å². The van der Waals surface area contributed by atoms with E-state index in [4.69, 9.17) is 4.74 Å². The van der Waals surface area contributed by atoms with Crippen molar-refractivity contribution in [2.45, 2.75) is 6.92 Å². The van der Waals surface area contributed by atoms with E-state index >= 15 is 0 Å². The standard InChI is InChI=1S/C15H13N5O2/c1-2-22-15(21)11-6-3-4-7-13(11)20-10-12(18-19-20)14-16-8-5-9-17-14/h3-10H,2H2,1H3. The minimum atomic E-state index is -0.397. The van der Waals surface area contributed by atoms with Gasteiger partial charge in [0.05, 0.1) is 24.1 Å². The molecule has 3 aromatic rings. The molecule has 0 bridgehead atoms. The number of rotatable bonds is 4. The fraction of sp³-hybridized carbons (Fsp3) is 0.133. The van der Waals surface area contributed by atoms with Crippen molar-refractivity contribution in [2.24, 2.45) is 0 Å². The van der Waals surface area contributed by atoms with Gasteiger partial charge < -0.3 is 4.74 Å². The Kier molecular flexibility index (Phi) is 3.86. The summed E-state index contributed by atoms with van der Waals surface area (Å²) in [5, 5.41) is 8.09. The Hall–Kier alpha value is -3.09. The van der Waals surface area contributed by atoms with Crippen LogP contribution in [0.5, 0.6) is 0 Å². The lowest BCUT2D eigenvalue weighted by atomic mass is 10.2. The van der Waals surface area contributed by atoms with Crippen molar-refractivity contribution < 1.29 is 9.53 Å². The third kappa shape index (κ3) is 2.69. The van der Waals surface area contributed by atoms with E-state index in [1.54, 1.807) is 49.8 Å². The number of hydrogen-bond donors (Lipinski definition) is 0. The van der Waals surface area contributed by atoms with Gasteiger partial charge in [0.25, 0.3) is 0 Å². The zero-order chi connectivity index (χ0) is 15.4. The largest absolute Gasteiger partial charge is 0.462 e. The first kappa shape index (κ1) is 13.9. The third-order valence-electron chi connectivity index (χ3n) is 2.93. The molecule has 0 aliphatic carbocycles. The van der Waals surface area contributed by atoms with Gasteiger partial charge in [-0.2, -0.15) is 0 Å². The predicted molar refractivity (Wildman–Crippen MR) is 78.3 cm³/mol. The van der Waals surface area contributed by atoms with E-state index in [2.05, 4.69) is 20.3 Å². The second-order valence-corrected chi connectivity index (χ2v) is 4.36. The Morgan fingerprint density at radius 1 is 1.18 bits per heavy atom. The number of aromatic nitrogens is 5. The summed E-state index contributed by atoms with van der Waals surface area (Å²) >= 11 is 0. The van der Waals surface area contributed by atoms with E-state index in [1.807, 2.05) is 6.07 Å². The first-order chi connectivity index (χ1) is 10.8. The van der Waals surface area contributed by atoms with E-state index in [9.17, 15) is 4.79 Å². The second-order valence-electron chi connectivity index (χ2n) is 4.36. The molecule has 0 aliphatic heterocycles. The van der Waals surface area contributed by atoms with Gasteiger partial charge >= 0.3 is 5.97 Å². The van der Waals surface area contributed by atoms with Crippen LogP contribution in [0, 0.1) is 0 Å². The SMILES string of the molecule is CCOC(=O)c1ccccc1-n1cc(-c2ncccn2)nn1. The van der Waals surface area contributed by atoms with Crippen LogP contribution in [0.4, 0.5) is 0 Å². The lowest BCUT2D eigenvalue weighted by Gasteiger charge is -2.07. The maximum Gasteiger partial charge on any atom is 0.340 e. The highest BCUT2D eigenvalue weighted by molar-refractivity contribution is 5.93. The molecule has 0 N–H and O–H groups in total. The zero-order valence-corrected chi connectivity index (χ0v) is 11.9. The summed E-state index contributed by atoms with van der Waals surface area (Å²) in [6.07, 6.45) is 4.94. The quantitative estimate of drug-likeness (QED) is 0.684. The Labute approximate surface area is 126 Å². The molecule has 0 aliphatic rings. The van der Waals surface area contributed by atoms with Gasteiger partial charge in [0.2, 0.25) is 0 Å². The average Bonchev–Trinajstić information content (AvgIpc) is 3.06. The normalized spacial score (nSPS) is 10.4. The Bertz CT molecular complexity index is 785. The molecule has 22 heavy (non-hydrogen) atoms. The molecule has 0 atom stereocenters. The molecule has 0 saturated carbocycles. The van der Waals surface area contributed by atoms with E-state index in [1.165, 1.54) is 4.68 Å². The highest BCUT2D eigenvalue weighted by Gasteiger charge is 2.15. The maximum absolute atomic E-state index is 12.0. The summed E-state index contributed by atoms with van der Waals surface area (Å²) in [4.78, 5) is 20.3. The van der Waals surface area contributed by atoms with Gasteiger partial charge in [-0.3, -0.25) is 0 Å². The third-order valence-corrected chi connectivity index (χ3v) is 2.93. The maximum atomic E-state index is 12.0. The number of carbonyl (C=O) groups excluding carboxylic acids is 1. The van der Waals surface area contributed by atoms with Gasteiger partial charge in [0.15, 0.2) is 11.5 Å². The summed E-state index contributed by atoms with van der Waals surface area (Å²) in [5.41, 5.74) is 1.55. The van der Waals surface area contributed by atoms with E-state index < -0.39 is 5.97 Å². The monoisotopic (exact) mass is 295 g/mol. The fourth-order valence-electron chi connectivity index (χ4n) is 1.97. The van der Waals surface area contributed by atoms with Crippen molar-refractivity contribution in [3.8, 4) is 17.2 Å². The van der Waals surface area contributed by atoms with Crippen LogP contribution in [-0.2, 0) is 4.74 Å². The topological polar surface area (TPSA) is 82.8 Å². The van der Waals surface area contributed by atoms with Crippen LogP contribution >= 0.6 is 0 Å². The van der Waals surface area contributed by atoms with E-state index in [0.717, 1.165) is 0 Å². The van der Waals surface area contributed by atoms with Crippen molar-refractivity contribution in [3.05, 3.63) is 54.5 Å². The molecule has 2 aromatic heterocycles. The first-order valence-corrected chi connectivity index (χ1v) is 6.76. The molecular weight excluding hydrogens is 282 g/mol. The lowest BCUT2D eigenvalue weighted by Crippen LogP contribution is -2.10. The van der Waals surface area contributed by atoms with Crippen LogP contribution in [0.3, 0.4) is 0 Å². The molecule has 7 heteroatoms. The molecule has 0 saturated heterocycles. The van der Waals surface area contributed by atoms with Crippen molar-refractivity contribution >= 4 is 5.97 Å². The number of benzene rings is 1. The van der Waals surface area contributed by atoms with Gasteiger partial charge in [0, 0.05) is 12.4 Å². The molecule has 7 nitrogen and oxygen atoms in total. The number of para-hydroxylation sites is 1. The van der Waals surface area contributed by atoms with E-state index in [0.29, 0.717) is 29.4 Å². The van der Waals surface area contributed by atoms with Crippen molar-refractivity contribution in [1.82, 2.24) is 25.0 Å². The Morgan fingerprint density at radius 3 is 2.73 bits per heavy atom. The van der Waals surface area contributed by atoms with Gasteiger partial charge in [-0.1, -0.05) is 17.3 Å². The zero-order valence-electron chi connectivity index (χ0n) is 11.9. The van der Waals surface area contributed by atoms with Crippen LogP contribution in [0.25, 0.3) is 17.2 Å². The molecule has 0 unspecified atom stereocenters. The van der Waals surface area contributed by atoms with Crippen LogP contribution < -0.4 is 0 Å². The first-order valence-electron chi connectivity index (χ1n) is 6.76. The van der Waals surface area contributed by atoms with Gasteiger partial charge in [-0.15, -0.1) is 5.10 Å². The van der Waals surface area contributed by atoms with Gasteiger partial charge in [-0.05, 0) is 25.1 Å². The van der Waals surface area contributed by atoms with Crippen LogP contribution in [0.2, 0.25) is 0 Å². The summed E-state index contributed by atoms with van der Waals surface area (Å²) < 4.78 is 6.57. The molecule has 1 aromatic carbocycles. The minimum absolute atomic E-state index is 0.313. The number of esters is 1. The number of carbonyl (C=O) groups is 1. The Morgan fingerprint density at radius 2 is 1.95 bits per heavy atom. The average molecular weight is 295 g/mol. The predicted octanol–water partition coefficient (Wildman–Crippen LogP) is 1.90. The number of ether oxygens (including phenoxy) is 1. The van der Waals surface area contributed by atoms with E-state index in [-0.39, 0.29) is 0 Å². The van der Waals surface area contributed by atoms with Crippen LogP contribution in [-0.4, -0.2) is 37.5 Å². The summed E-state index contributed by atoms with van der Waals surface area (Å²) in [5.74, 6) is 0.0773. The smallest absolute Gasteiger partial charge is 0.340 e. The second kappa shape index (κ2) is 6.13. The highest BCUT2D eigenvalue weighted by Crippen LogP contribution is 2.17. The van der Waals surface area contributed by atoms with Crippen molar-refractivity contribution in [2.75, 3.05) is 6.61 Å². The molecular formula is C15H13N5O2. The Balaban J connectivity index is 1.99. The molecule has 110 valence electrons. The van der Waals surface area contributed by atoms with Crippen LogP contribution in [0.1, 0.15) is 17.3 Å². The molecule has 0 fully saturated rings. The fourth-order valence-corrected chi connectivity index (χ4v) is 1.97. The summed E-state index contributed by atoms with van der Waals surface area (Å²) in [6.45, 7) is 2.08. The molecule has 0 amide bonds.